The third-order valence-corrected chi connectivity index (χ3v) is 3.42. The van der Waals surface area contributed by atoms with E-state index in [1.807, 2.05) is 12.1 Å². The number of hydrogen-bond donors (Lipinski definition) is 1. The average molecular weight is 286 g/mol. The highest BCUT2D eigenvalue weighted by molar-refractivity contribution is 9.10. The number of para-hydroxylation sites is 1. The molecule has 1 aromatic carbocycles. The van der Waals surface area contributed by atoms with Crippen LogP contribution in [0.5, 0.6) is 5.75 Å². The number of benzene rings is 1. The van der Waals surface area contributed by atoms with Gasteiger partial charge >= 0.3 is 0 Å². The highest BCUT2D eigenvalue weighted by Gasteiger charge is 2.34. The van der Waals surface area contributed by atoms with Crippen LogP contribution in [0.1, 0.15) is 31.4 Å². The molecule has 0 spiro atoms. The maximum absolute atomic E-state index is 5.95. The topological polar surface area (TPSA) is 30.5 Å². The van der Waals surface area contributed by atoms with E-state index in [-0.39, 0.29) is 12.1 Å². The second-order valence-corrected chi connectivity index (χ2v) is 4.76. The Labute approximate surface area is 104 Å². The number of halogens is 1. The van der Waals surface area contributed by atoms with Gasteiger partial charge in [0.05, 0.1) is 17.6 Å². The first-order valence-electron chi connectivity index (χ1n) is 5.51. The smallest absolute Gasteiger partial charge is 0.139 e. The van der Waals surface area contributed by atoms with Crippen molar-refractivity contribution in [2.75, 3.05) is 7.11 Å². The highest BCUT2D eigenvalue weighted by Crippen LogP contribution is 2.42. The summed E-state index contributed by atoms with van der Waals surface area (Å²) < 4.78 is 6.96. The summed E-state index contributed by atoms with van der Waals surface area (Å²) >= 11 is 3.51. The molecule has 0 aliphatic carbocycles. The van der Waals surface area contributed by atoms with Crippen molar-refractivity contribution < 1.29 is 9.57 Å². The molecule has 2 atom stereocenters. The summed E-state index contributed by atoms with van der Waals surface area (Å²) in [5.41, 5.74) is 4.18. The van der Waals surface area contributed by atoms with E-state index < -0.39 is 0 Å². The number of ether oxygens (including phenoxy) is 1. The van der Waals surface area contributed by atoms with Crippen LogP contribution in [0.4, 0.5) is 0 Å². The molecule has 1 N–H and O–H groups in total. The number of hydroxylamine groups is 1. The highest BCUT2D eigenvalue weighted by atomic mass is 79.9. The Morgan fingerprint density at radius 2 is 2.31 bits per heavy atom. The average Bonchev–Trinajstić information content (AvgIpc) is 2.61. The molecule has 1 aromatic rings. The summed E-state index contributed by atoms with van der Waals surface area (Å²) in [7, 11) is 1.64. The van der Waals surface area contributed by atoms with Crippen molar-refractivity contribution in [1.82, 2.24) is 5.48 Å². The quantitative estimate of drug-likeness (QED) is 0.862. The van der Waals surface area contributed by atoms with E-state index in [1.54, 1.807) is 7.11 Å². The van der Waals surface area contributed by atoms with Gasteiger partial charge in [-0.15, -0.1) is 0 Å². The van der Waals surface area contributed by atoms with Crippen molar-refractivity contribution in [1.29, 1.82) is 0 Å². The van der Waals surface area contributed by atoms with Gasteiger partial charge in [0, 0.05) is 5.56 Å². The Hall–Kier alpha value is -0.580. The third kappa shape index (κ3) is 2.10. The molecule has 1 aliphatic heterocycles. The first-order valence-corrected chi connectivity index (χ1v) is 6.30. The van der Waals surface area contributed by atoms with Crippen LogP contribution in [0.3, 0.4) is 0 Å². The van der Waals surface area contributed by atoms with Crippen molar-refractivity contribution in [2.45, 2.75) is 31.9 Å². The lowest BCUT2D eigenvalue weighted by Gasteiger charge is -2.18. The fourth-order valence-electron chi connectivity index (χ4n) is 2.09. The zero-order chi connectivity index (χ0) is 11.5. The molecular formula is C12H16BrNO2. The zero-order valence-electron chi connectivity index (χ0n) is 9.50. The maximum Gasteiger partial charge on any atom is 0.139 e. The zero-order valence-corrected chi connectivity index (χ0v) is 11.1. The van der Waals surface area contributed by atoms with Crippen LogP contribution in [-0.2, 0) is 4.84 Å². The van der Waals surface area contributed by atoms with E-state index in [0.29, 0.717) is 0 Å². The van der Waals surface area contributed by atoms with Crippen LogP contribution < -0.4 is 10.2 Å². The molecule has 88 valence electrons. The second-order valence-electron chi connectivity index (χ2n) is 3.90. The lowest BCUT2D eigenvalue weighted by atomic mass is 10.0. The van der Waals surface area contributed by atoms with E-state index in [4.69, 9.17) is 9.57 Å². The molecule has 0 aromatic heterocycles. The van der Waals surface area contributed by atoms with Crippen molar-refractivity contribution in [3.63, 3.8) is 0 Å². The van der Waals surface area contributed by atoms with Gasteiger partial charge in [-0.1, -0.05) is 25.5 Å². The normalized spacial score (nSPS) is 22.9. The van der Waals surface area contributed by atoms with Crippen LogP contribution in [0, 0.1) is 0 Å². The first-order chi connectivity index (χ1) is 7.77. The summed E-state index contributed by atoms with van der Waals surface area (Å²) in [5.74, 6) is 0.940. The summed E-state index contributed by atoms with van der Waals surface area (Å²) in [6.45, 7) is 2.16. The van der Waals surface area contributed by atoms with Crippen LogP contribution in [0.2, 0.25) is 0 Å². The Bertz CT molecular complexity index is 370. The van der Waals surface area contributed by atoms with E-state index in [1.165, 1.54) is 0 Å². The predicted molar refractivity (Wildman–Crippen MR) is 66.4 cm³/mol. The van der Waals surface area contributed by atoms with Crippen molar-refractivity contribution >= 4 is 15.9 Å². The second kappa shape index (κ2) is 5.17. The molecule has 4 heteroatoms. The number of hydrogen-bond acceptors (Lipinski definition) is 3. The van der Waals surface area contributed by atoms with Gasteiger partial charge in [-0.3, -0.25) is 0 Å². The molecule has 0 saturated carbocycles. The predicted octanol–water partition coefficient (Wildman–Crippen LogP) is 3.20. The van der Waals surface area contributed by atoms with Gasteiger partial charge < -0.3 is 9.57 Å². The molecule has 1 heterocycles. The molecular weight excluding hydrogens is 270 g/mol. The minimum Gasteiger partial charge on any atom is -0.487 e. The monoisotopic (exact) mass is 285 g/mol. The van der Waals surface area contributed by atoms with E-state index in [0.717, 1.165) is 28.6 Å². The summed E-state index contributed by atoms with van der Waals surface area (Å²) in [6.07, 6.45) is 2.26. The summed E-state index contributed by atoms with van der Waals surface area (Å²) in [4.78, 5) is 5.05. The van der Waals surface area contributed by atoms with Gasteiger partial charge in [0.2, 0.25) is 0 Å². The first kappa shape index (κ1) is 11.9. The van der Waals surface area contributed by atoms with Crippen LogP contribution >= 0.6 is 15.9 Å². The van der Waals surface area contributed by atoms with Gasteiger partial charge in [-0.05, 0) is 28.4 Å². The molecule has 0 amide bonds. The van der Waals surface area contributed by atoms with Crippen molar-refractivity contribution in [2.24, 2.45) is 0 Å². The molecule has 0 radical (unpaired) electrons. The Kier molecular flexibility index (Phi) is 3.84. The molecule has 16 heavy (non-hydrogen) atoms. The molecule has 2 unspecified atom stereocenters. The van der Waals surface area contributed by atoms with Crippen LogP contribution in [-0.4, -0.2) is 13.2 Å². The SMILES string of the molecule is CCCC1Oc2c(Br)cccc2C1NOC. The fourth-order valence-corrected chi connectivity index (χ4v) is 2.57. The maximum atomic E-state index is 5.95. The molecule has 0 saturated heterocycles. The van der Waals surface area contributed by atoms with Gasteiger partial charge in [-0.25, -0.2) is 0 Å². The molecule has 2 rings (SSSR count). The fraction of sp³-hybridized carbons (Fsp3) is 0.500. The summed E-state index contributed by atoms with van der Waals surface area (Å²) in [5, 5.41) is 0. The molecule has 1 aliphatic rings. The van der Waals surface area contributed by atoms with Crippen molar-refractivity contribution in [3.05, 3.63) is 28.2 Å². The van der Waals surface area contributed by atoms with E-state index >= 15 is 0 Å². The van der Waals surface area contributed by atoms with Crippen molar-refractivity contribution in [3.8, 4) is 5.75 Å². The van der Waals surface area contributed by atoms with Crippen LogP contribution in [0.25, 0.3) is 0 Å². The van der Waals surface area contributed by atoms with Gasteiger partial charge in [0.15, 0.2) is 0 Å². The van der Waals surface area contributed by atoms with Gasteiger partial charge in [0.1, 0.15) is 11.9 Å². The molecule has 3 nitrogen and oxygen atoms in total. The Balaban J connectivity index is 2.29. The van der Waals surface area contributed by atoms with Gasteiger partial charge in [-0.2, -0.15) is 5.48 Å². The van der Waals surface area contributed by atoms with Gasteiger partial charge in [0.25, 0.3) is 0 Å². The molecule has 0 fully saturated rings. The Morgan fingerprint density at radius 1 is 1.50 bits per heavy atom. The minimum absolute atomic E-state index is 0.123. The van der Waals surface area contributed by atoms with Crippen LogP contribution in [0.15, 0.2) is 22.7 Å². The van der Waals surface area contributed by atoms with E-state index in [9.17, 15) is 0 Å². The number of rotatable bonds is 4. The lowest BCUT2D eigenvalue weighted by molar-refractivity contribution is 0.0268. The largest absolute Gasteiger partial charge is 0.487 e. The summed E-state index contributed by atoms with van der Waals surface area (Å²) in [6, 6.07) is 6.21. The number of fused-ring (bicyclic) bond motifs is 1. The number of nitrogens with one attached hydrogen (secondary N) is 1. The standard InChI is InChI=1S/C12H16BrNO2/c1-3-5-10-11(14-15-2)8-6-4-7-9(13)12(8)16-10/h4,6-7,10-11,14H,3,5H2,1-2H3. The molecule has 0 bridgehead atoms. The minimum atomic E-state index is 0.123. The lowest BCUT2D eigenvalue weighted by Crippen LogP contribution is -2.30. The van der Waals surface area contributed by atoms with E-state index in [2.05, 4.69) is 34.4 Å². The third-order valence-electron chi connectivity index (χ3n) is 2.79. The Morgan fingerprint density at radius 3 is 3.00 bits per heavy atom.